The van der Waals surface area contributed by atoms with Crippen molar-refractivity contribution in [2.45, 2.75) is 19.8 Å². The highest BCUT2D eigenvalue weighted by atomic mass is 16.5. The lowest BCUT2D eigenvalue weighted by Crippen LogP contribution is -2.41. The van der Waals surface area contributed by atoms with Crippen molar-refractivity contribution >= 4 is 17.4 Å². The molecule has 0 radical (unpaired) electrons. The lowest BCUT2D eigenvalue weighted by molar-refractivity contribution is 0.0254. The van der Waals surface area contributed by atoms with Crippen LogP contribution in [0.5, 0.6) is 0 Å². The van der Waals surface area contributed by atoms with Crippen LogP contribution in [0.25, 0.3) is 0 Å². The summed E-state index contributed by atoms with van der Waals surface area (Å²) < 4.78 is 5.34. The minimum atomic E-state index is -0.196. The fourth-order valence-electron chi connectivity index (χ4n) is 2.13. The van der Waals surface area contributed by atoms with Gasteiger partial charge in [-0.15, -0.1) is 0 Å². The standard InChI is InChI=1S/C14H21N3O2/c1-14(5-7-19-8-6-14)10-16-13(18)17-12-4-2-3-11(15)9-12/h2-4,9H,5-8,10,15H2,1H3,(H2,16,17,18). The van der Waals surface area contributed by atoms with Crippen molar-refractivity contribution in [2.75, 3.05) is 30.8 Å². The van der Waals surface area contributed by atoms with Crippen LogP contribution in [0.4, 0.5) is 16.2 Å². The van der Waals surface area contributed by atoms with E-state index in [1.165, 1.54) is 0 Å². The third-order valence-corrected chi connectivity index (χ3v) is 3.52. The van der Waals surface area contributed by atoms with Gasteiger partial charge in [-0.3, -0.25) is 0 Å². The van der Waals surface area contributed by atoms with Gasteiger partial charge in [0.2, 0.25) is 0 Å². The Kier molecular flexibility index (Phi) is 4.27. The van der Waals surface area contributed by atoms with Gasteiger partial charge in [-0.25, -0.2) is 4.79 Å². The van der Waals surface area contributed by atoms with Gasteiger partial charge in [0, 0.05) is 31.1 Å². The highest BCUT2D eigenvalue weighted by molar-refractivity contribution is 5.89. The second-order valence-corrected chi connectivity index (χ2v) is 5.36. The highest BCUT2D eigenvalue weighted by Crippen LogP contribution is 2.28. The van der Waals surface area contributed by atoms with E-state index in [9.17, 15) is 4.79 Å². The Hall–Kier alpha value is -1.75. The molecule has 1 aromatic carbocycles. The van der Waals surface area contributed by atoms with Gasteiger partial charge in [-0.2, -0.15) is 0 Å². The summed E-state index contributed by atoms with van der Waals surface area (Å²) in [6.07, 6.45) is 1.96. The first-order valence-corrected chi connectivity index (χ1v) is 6.56. The minimum Gasteiger partial charge on any atom is -0.399 e. The van der Waals surface area contributed by atoms with E-state index in [1.807, 2.05) is 12.1 Å². The predicted octanol–water partition coefficient (Wildman–Crippen LogP) is 2.21. The Balaban J connectivity index is 1.81. The number of nitrogens with two attached hydrogens (primary N) is 1. The van der Waals surface area contributed by atoms with Gasteiger partial charge in [-0.05, 0) is 36.5 Å². The summed E-state index contributed by atoms with van der Waals surface area (Å²) in [5, 5.41) is 5.69. The van der Waals surface area contributed by atoms with E-state index in [0.29, 0.717) is 17.9 Å². The number of carbonyl (C=O) groups is 1. The largest absolute Gasteiger partial charge is 0.399 e. The molecule has 5 nitrogen and oxygen atoms in total. The summed E-state index contributed by atoms with van der Waals surface area (Å²) in [5.41, 5.74) is 7.13. The quantitative estimate of drug-likeness (QED) is 0.732. The molecule has 0 aliphatic carbocycles. The van der Waals surface area contributed by atoms with Crippen molar-refractivity contribution in [1.29, 1.82) is 0 Å². The number of hydrogen-bond acceptors (Lipinski definition) is 3. The molecule has 0 bridgehead atoms. The van der Waals surface area contributed by atoms with E-state index >= 15 is 0 Å². The number of nitrogens with one attached hydrogen (secondary N) is 2. The van der Waals surface area contributed by atoms with Gasteiger partial charge in [0.25, 0.3) is 0 Å². The summed E-state index contributed by atoms with van der Waals surface area (Å²) in [7, 11) is 0. The fraction of sp³-hybridized carbons (Fsp3) is 0.500. The lowest BCUT2D eigenvalue weighted by Gasteiger charge is -2.33. The molecular weight excluding hydrogens is 242 g/mol. The smallest absolute Gasteiger partial charge is 0.319 e. The summed E-state index contributed by atoms with van der Waals surface area (Å²) in [4.78, 5) is 11.8. The molecular formula is C14H21N3O2. The second-order valence-electron chi connectivity index (χ2n) is 5.36. The molecule has 5 heteroatoms. The van der Waals surface area contributed by atoms with E-state index in [1.54, 1.807) is 12.1 Å². The molecule has 19 heavy (non-hydrogen) atoms. The molecule has 0 aromatic heterocycles. The average molecular weight is 263 g/mol. The third kappa shape index (κ3) is 4.13. The van der Waals surface area contributed by atoms with E-state index < -0.39 is 0 Å². The van der Waals surface area contributed by atoms with Crippen molar-refractivity contribution in [2.24, 2.45) is 5.41 Å². The number of carbonyl (C=O) groups excluding carboxylic acids is 1. The van der Waals surface area contributed by atoms with E-state index in [2.05, 4.69) is 17.6 Å². The van der Waals surface area contributed by atoms with Crippen molar-refractivity contribution in [3.8, 4) is 0 Å². The Labute approximate surface area is 113 Å². The summed E-state index contributed by atoms with van der Waals surface area (Å²) in [5.74, 6) is 0. The van der Waals surface area contributed by atoms with Crippen LogP contribution in [0.1, 0.15) is 19.8 Å². The molecule has 0 atom stereocenters. The molecule has 1 heterocycles. The SMILES string of the molecule is CC1(CNC(=O)Nc2cccc(N)c2)CCOCC1. The molecule has 0 unspecified atom stereocenters. The van der Waals surface area contributed by atoms with Gasteiger partial charge in [-0.1, -0.05) is 13.0 Å². The maximum absolute atomic E-state index is 11.8. The van der Waals surface area contributed by atoms with Crippen molar-refractivity contribution < 1.29 is 9.53 Å². The van der Waals surface area contributed by atoms with Gasteiger partial charge >= 0.3 is 6.03 Å². The topological polar surface area (TPSA) is 76.4 Å². The maximum atomic E-state index is 11.8. The lowest BCUT2D eigenvalue weighted by atomic mass is 9.82. The molecule has 0 saturated carbocycles. The Morgan fingerprint density at radius 1 is 1.42 bits per heavy atom. The van der Waals surface area contributed by atoms with Gasteiger partial charge < -0.3 is 21.1 Å². The van der Waals surface area contributed by atoms with Crippen LogP contribution in [-0.4, -0.2) is 25.8 Å². The second kappa shape index (κ2) is 5.93. The average Bonchev–Trinajstić information content (AvgIpc) is 2.38. The van der Waals surface area contributed by atoms with Crippen molar-refractivity contribution in [1.82, 2.24) is 5.32 Å². The van der Waals surface area contributed by atoms with Crippen LogP contribution in [0.15, 0.2) is 24.3 Å². The predicted molar refractivity (Wildman–Crippen MR) is 76.0 cm³/mol. The van der Waals surface area contributed by atoms with Gasteiger partial charge in [0.1, 0.15) is 0 Å². The monoisotopic (exact) mass is 263 g/mol. The number of hydrogen-bond donors (Lipinski definition) is 3. The van der Waals surface area contributed by atoms with Gasteiger partial charge in [0.05, 0.1) is 0 Å². The molecule has 4 N–H and O–H groups in total. The molecule has 104 valence electrons. The zero-order valence-electron chi connectivity index (χ0n) is 11.2. The maximum Gasteiger partial charge on any atom is 0.319 e. The summed E-state index contributed by atoms with van der Waals surface area (Å²) in [6, 6.07) is 6.94. The van der Waals surface area contributed by atoms with E-state index in [4.69, 9.17) is 10.5 Å². The van der Waals surface area contributed by atoms with Crippen LogP contribution in [0.2, 0.25) is 0 Å². The molecule has 2 amide bonds. The summed E-state index contributed by atoms with van der Waals surface area (Å²) >= 11 is 0. The van der Waals surface area contributed by atoms with Crippen molar-refractivity contribution in [3.05, 3.63) is 24.3 Å². The number of rotatable bonds is 3. The third-order valence-electron chi connectivity index (χ3n) is 3.52. The van der Waals surface area contributed by atoms with E-state index in [-0.39, 0.29) is 11.4 Å². The zero-order chi connectivity index (χ0) is 13.7. The molecule has 0 spiro atoms. The number of nitrogen functional groups attached to an aromatic ring is 1. The Morgan fingerprint density at radius 2 is 2.16 bits per heavy atom. The number of benzene rings is 1. The number of anilines is 2. The van der Waals surface area contributed by atoms with E-state index in [0.717, 1.165) is 26.1 Å². The molecule has 1 fully saturated rings. The van der Waals surface area contributed by atoms with Crippen LogP contribution in [0, 0.1) is 5.41 Å². The normalized spacial score (nSPS) is 17.7. The first-order chi connectivity index (χ1) is 9.07. The van der Waals surface area contributed by atoms with Crippen LogP contribution in [-0.2, 0) is 4.74 Å². The molecule has 1 aromatic rings. The number of amides is 2. The fourth-order valence-corrected chi connectivity index (χ4v) is 2.13. The molecule has 1 saturated heterocycles. The highest BCUT2D eigenvalue weighted by Gasteiger charge is 2.27. The molecule has 1 aliphatic heterocycles. The van der Waals surface area contributed by atoms with Crippen LogP contribution < -0.4 is 16.4 Å². The minimum absolute atomic E-state index is 0.130. The Morgan fingerprint density at radius 3 is 2.84 bits per heavy atom. The molecule has 1 aliphatic rings. The molecule has 2 rings (SSSR count). The van der Waals surface area contributed by atoms with Crippen molar-refractivity contribution in [3.63, 3.8) is 0 Å². The number of ether oxygens (including phenoxy) is 1. The van der Waals surface area contributed by atoms with Gasteiger partial charge in [0.15, 0.2) is 0 Å². The first kappa shape index (κ1) is 13.7. The van der Waals surface area contributed by atoms with Crippen LogP contribution >= 0.6 is 0 Å². The Bertz CT molecular complexity index is 442. The summed E-state index contributed by atoms with van der Waals surface area (Å²) in [6.45, 7) is 4.38. The number of urea groups is 1. The van der Waals surface area contributed by atoms with Crippen LogP contribution in [0.3, 0.4) is 0 Å². The zero-order valence-corrected chi connectivity index (χ0v) is 11.2. The first-order valence-electron chi connectivity index (χ1n) is 6.56.